The predicted molar refractivity (Wildman–Crippen MR) is 129 cm³/mol. The fraction of sp³-hybridized carbons (Fsp3) is 0.933. The smallest absolute Gasteiger partial charge is 0.138 e. The molecule has 0 heterocycles. The van der Waals surface area contributed by atoms with Crippen molar-refractivity contribution < 1.29 is 26.3 Å². The molecule has 5 fully saturated rings. The summed E-state index contributed by atoms with van der Waals surface area (Å²) >= 11 is 0. The van der Waals surface area contributed by atoms with E-state index >= 15 is 13.2 Å². The standard InChI is InChI=1S/C30H42F6/c1-13-5-17-10-20-9-16(28(34)29(35)24(20)21(17)12-22(13)31)4-3-15-7-19-11-18-6-14(2)27(33)30(36)26(18)25(19)23(32)8-15/h11,13-17,19-30H,3-10,12H2,1-2H3. The van der Waals surface area contributed by atoms with Gasteiger partial charge in [-0.25, -0.2) is 26.3 Å². The molecule has 0 spiro atoms. The van der Waals surface area contributed by atoms with Gasteiger partial charge in [-0.1, -0.05) is 25.5 Å². The molecule has 17 atom stereocenters. The zero-order valence-electron chi connectivity index (χ0n) is 21.5. The van der Waals surface area contributed by atoms with Gasteiger partial charge in [0.25, 0.3) is 0 Å². The fourth-order valence-corrected chi connectivity index (χ4v) is 10.1. The van der Waals surface area contributed by atoms with Gasteiger partial charge in [-0.2, -0.15) is 0 Å². The Morgan fingerprint density at radius 3 is 2.22 bits per heavy atom. The zero-order chi connectivity index (χ0) is 25.5. The van der Waals surface area contributed by atoms with E-state index in [0.717, 1.165) is 24.8 Å². The SMILES string of the molecule is CC1CC2CC3CC(CCC4CC(F)C5C(C=C6CC(C)C(F)C(F)C65)C4)C(F)C(F)C3C2CC1F. The maximum atomic E-state index is 15.4. The lowest BCUT2D eigenvalue weighted by Crippen LogP contribution is -2.46. The molecule has 0 saturated heterocycles. The average molecular weight is 517 g/mol. The first-order valence-corrected chi connectivity index (χ1v) is 14.7. The van der Waals surface area contributed by atoms with Gasteiger partial charge < -0.3 is 0 Å². The van der Waals surface area contributed by atoms with Crippen molar-refractivity contribution in [2.45, 2.75) is 109 Å². The van der Waals surface area contributed by atoms with E-state index in [9.17, 15) is 13.2 Å². The molecule has 0 amide bonds. The van der Waals surface area contributed by atoms with E-state index in [1.807, 2.05) is 13.0 Å². The van der Waals surface area contributed by atoms with Crippen LogP contribution in [0.2, 0.25) is 0 Å². The molecule has 0 aromatic rings. The van der Waals surface area contributed by atoms with Crippen molar-refractivity contribution in [3.05, 3.63) is 11.6 Å². The number of rotatable bonds is 3. The van der Waals surface area contributed by atoms with Crippen LogP contribution in [-0.4, -0.2) is 37.0 Å². The summed E-state index contributed by atoms with van der Waals surface area (Å²) in [5, 5.41) is 0. The Morgan fingerprint density at radius 1 is 0.667 bits per heavy atom. The van der Waals surface area contributed by atoms with E-state index in [-0.39, 0.29) is 47.3 Å². The summed E-state index contributed by atoms with van der Waals surface area (Å²) in [6.07, 6.45) is -0.768. The van der Waals surface area contributed by atoms with E-state index < -0.39 is 48.9 Å². The van der Waals surface area contributed by atoms with Gasteiger partial charge in [0.2, 0.25) is 0 Å². The molecule has 6 heteroatoms. The second kappa shape index (κ2) is 9.50. The molecule has 5 saturated carbocycles. The van der Waals surface area contributed by atoms with Crippen molar-refractivity contribution in [2.24, 2.45) is 65.1 Å². The third-order valence-corrected chi connectivity index (χ3v) is 11.8. The minimum Gasteiger partial charge on any atom is -0.247 e. The van der Waals surface area contributed by atoms with Crippen LogP contribution in [0.25, 0.3) is 0 Å². The molecule has 6 aliphatic rings. The van der Waals surface area contributed by atoms with E-state index in [4.69, 9.17) is 0 Å². The molecular formula is C30H42F6. The van der Waals surface area contributed by atoms with Gasteiger partial charge in [-0.15, -0.1) is 0 Å². The van der Waals surface area contributed by atoms with Crippen molar-refractivity contribution in [2.75, 3.05) is 0 Å². The van der Waals surface area contributed by atoms with Crippen LogP contribution in [-0.2, 0) is 0 Å². The van der Waals surface area contributed by atoms with Crippen LogP contribution in [0.1, 0.15) is 71.6 Å². The molecule has 36 heavy (non-hydrogen) atoms. The van der Waals surface area contributed by atoms with Gasteiger partial charge >= 0.3 is 0 Å². The Bertz CT molecular complexity index is 845. The summed E-state index contributed by atoms with van der Waals surface area (Å²) in [5.41, 5.74) is 0.900. The molecular weight excluding hydrogens is 474 g/mol. The van der Waals surface area contributed by atoms with Gasteiger partial charge in [0.15, 0.2) is 0 Å². The number of hydrogen-bond acceptors (Lipinski definition) is 0. The quantitative estimate of drug-likeness (QED) is 0.261. The Kier molecular flexibility index (Phi) is 6.76. The summed E-state index contributed by atoms with van der Waals surface area (Å²) in [7, 11) is 0. The summed E-state index contributed by atoms with van der Waals surface area (Å²) in [4.78, 5) is 0. The molecule has 0 radical (unpaired) electrons. The number of allylic oxidation sites excluding steroid dienone is 2. The second-order valence-corrected chi connectivity index (χ2v) is 13.9. The van der Waals surface area contributed by atoms with Crippen molar-refractivity contribution >= 4 is 0 Å². The van der Waals surface area contributed by atoms with Crippen LogP contribution < -0.4 is 0 Å². The van der Waals surface area contributed by atoms with Crippen molar-refractivity contribution in [1.82, 2.24) is 0 Å². The number of halogens is 6. The third-order valence-electron chi connectivity index (χ3n) is 11.8. The van der Waals surface area contributed by atoms with Crippen molar-refractivity contribution in [1.29, 1.82) is 0 Å². The average Bonchev–Trinajstić information content (AvgIpc) is 3.37. The van der Waals surface area contributed by atoms with Crippen LogP contribution in [0, 0.1) is 65.1 Å². The lowest BCUT2D eigenvalue weighted by molar-refractivity contribution is -0.0362. The summed E-state index contributed by atoms with van der Waals surface area (Å²) in [5.74, 6) is -1.76. The Hall–Kier alpha value is -0.680. The maximum Gasteiger partial charge on any atom is 0.138 e. The van der Waals surface area contributed by atoms with Gasteiger partial charge in [0.05, 0.1) is 0 Å². The highest BCUT2D eigenvalue weighted by Crippen LogP contribution is 2.59. The highest BCUT2D eigenvalue weighted by Gasteiger charge is 2.57. The third kappa shape index (κ3) is 4.08. The minimum atomic E-state index is -1.63. The molecule has 0 bridgehead atoms. The first-order chi connectivity index (χ1) is 17.1. The van der Waals surface area contributed by atoms with E-state index in [1.165, 1.54) is 0 Å². The lowest BCUT2D eigenvalue weighted by Gasteiger charge is -2.43. The summed E-state index contributed by atoms with van der Waals surface area (Å²) < 4.78 is 89.8. The van der Waals surface area contributed by atoms with Crippen LogP contribution in [0.5, 0.6) is 0 Å². The molecule has 6 rings (SSSR count). The molecule has 0 aromatic carbocycles. The second-order valence-electron chi connectivity index (χ2n) is 13.9. The fourth-order valence-electron chi connectivity index (χ4n) is 10.1. The molecule has 204 valence electrons. The predicted octanol–water partition coefficient (Wildman–Crippen LogP) is 8.35. The zero-order valence-corrected chi connectivity index (χ0v) is 21.5. The summed E-state index contributed by atoms with van der Waals surface area (Å²) in [6.45, 7) is 3.66. The highest BCUT2D eigenvalue weighted by atomic mass is 19.2. The topological polar surface area (TPSA) is 0 Å². The highest BCUT2D eigenvalue weighted by molar-refractivity contribution is 5.26. The lowest BCUT2D eigenvalue weighted by atomic mass is 9.64. The number of alkyl halides is 6. The van der Waals surface area contributed by atoms with E-state index in [2.05, 4.69) is 0 Å². The van der Waals surface area contributed by atoms with Crippen molar-refractivity contribution in [3.8, 4) is 0 Å². The van der Waals surface area contributed by atoms with E-state index in [1.54, 1.807) is 6.92 Å². The normalized spacial score (nSPS) is 58.4. The molecule has 17 unspecified atom stereocenters. The van der Waals surface area contributed by atoms with Gasteiger partial charge in [0, 0.05) is 11.8 Å². The van der Waals surface area contributed by atoms with Crippen molar-refractivity contribution in [3.63, 3.8) is 0 Å². The van der Waals surface area contributed by atoms with Gasteiger partial charge in [-0.3, -0.25) is 0 Å². The molecule has 0 aromatic heterocycles. The largest absolute Gasteiger partial charge is 0.247 e. The molecule has 0 aliphatic heterocycles. The Labute approximate surface area is 212 Å². The maximum absolute atomic E-state index is 15.4. The summed E-state index contributed by atoms with van der Waals surface area (Å²) in [6, 6.07) is 0. The van der Waals surface area contributed by atoms with Crippen LogP contribution >= 0.6 is 0 Å². The van der Waals surface area contributed by atoms with Crippen LogP contribution in [0.4, 0.5) is 26.3 Å². The van der Waals surface area contributed by atoms with Crippen LogP contribution in [0.15, 0.2) is 11.6 Å². The van der Waals surface area contributed by atoms with Gasteiger partial charge in [-0.05, 0) is 111 Å². The van der Waals surface area contributed by atoms with E-state index in [0.29, 0.717) is 44.4 Å². The number of hydrogen-bond donors (Lipinski definition) is 0. The monoisotopic (exact) mass is 516 g/mol. The van der Waals surface area contributed by atoms with Crippen LogP contribution in [0.3, 0.4) is 0 Å². The molecule has 6 aliphatic carbocycles. The first-order valence-electron chi connectivity index (χ1n) is 14.7. The number of fused-ring (bicyclic) bond motifs is 6. The Morgan fingerprint density at radius 2 is 1.44 bits per heavy atom. The molecule has 0 nitrogen and oxygen atoms in total. The molecule has 0 N–H and O–H groups in total. The minimum absolute atomic E-state index is 0.00581. The van der Waals surface area contributed by atoms with Gasteiger partial charge in [0.1, 0.15) is 37.0 Å². The first kappa shape index (κ1) is 25.6. The Balaban J connectivity index is 1.08.